The third-order valence-corrected chi connectivity index (χ3v) is 4.04. The van der Waals surface area contributed by atoms with Crippen LogP contribution < -0.4 is 20.1 Å². The number of carbonyl (C=O) groups is 1. The highest BCUT2D eigenvalue weighted by atomic mass is 16.6. The summed E-state index contributed by atoms with van der Waals surface area (Å²) in [7, 11) is 0. The summed E-state index contributed by atoms with van der Waals surface area (Å²) in [5, 5.41) is 15.8. The van der Waals surface area contributed by atoms with Crippen LogP contribution in [0.25, 0.3) is 0 Å². The number of aliphatic hydroxyl groups is 1. The minimum absolute atomic E-state index is 0.223. The molecule has 1 aliphatic rings. The monoisotopic (exact) mass is 372 g/mol. The average molecular weight is 372 g/mol. The zero-order valence-electron chi connectivity index (χ0n) is 15.0. The lowest BCUT2D eigenvalue weighted by molar-refractivity contribution is 0.135. The van der Waals surface area contributed by atoms with Crippen molar-refractivity contribution in [2.45, 2.75) is 19.1 Å². The second kappa shape index (κ2) is 9.68. The molecule has 2 aromatic rings. The topological polar surface area (TPSA) is 89.1 Å². The molecule has 3 N–H and O–H groups in total. The summed E-state index contributed by atoms with van der Waals surface area (Å²) in [6.07, 6.45) is -0.684. The Morgan fingerprint density at radius 2 is 1.89 bits per heavy atom. The smallest absolute Gasteiger partial charge is 0.407 e. The Kier molecular flexibility index (Phi) is 6.76. The number of rotatable bonds is 8. The Balaban J connectivity index is 1.31. The third kappa shape index (κ3) is 6.07. The number of aliphatic hydroxyl groups excluding tert-OH is 1. The average Bonchev–Trinajstić information content (AvgIpc) is 2.71. The maximum Gasteiger partial charge on any atom is 0.407 e. The van der Waals surface area contributed by atoms with Crippen molar-refractivity contribution in [3.63, 3.8) is 0 Å². The van der Waals surface area contributed by atoms with Crippen LogP contribution >= 0.6 is 0 Å². The third-order valence-electron chi connectivity index (χ3n) is 4.04. The molecule has 0 saturated heterocycles. The Bertz CT molecular complexity index is 738. The number of amides is 1. The van der Waals surface area contributed by atoms with Gasteiger partial charge < -0.3 is 30.0 Å². The fraction of sp³-hybridized carbons (Fsp3) is 0.350. The molecule has 27 heavy (non-hydrogen) atoms. The number of fused-ring (bicyclic) bond motifs is 1. The first-order valence-electron chi connectivity index (χ1n) is 8.97. The molecule has 7 heteroatoms. The zero-order chi connectivity index (χ0) is 18.9. The molecule has 0 aromatic heterocycles. The van der Waals surface area contributed by atoms with Crippen molar-refractivity contribution in [2.24, 2.45) is 0 Å². The normalized spacial score (nSPS) is 13.5. The molecule has 7 nitrogen and oxygen atoms in total. The number of nitrogens with one attached hydrogen (secondary N) is 2. The molecule has 0 fully saturated rings. The highest BCUT2D eigenvalue weighted by Gasteiger charge is 2.12. The second-order valence-electron chi connectivity index (χ2n) is 6.17. The van der Waals surface area contributed by atoms with Gasteiger partial charge in [-0.1, -0.05) is 30.3 Å². The summed E-state index contributed by atoms with van der Waals surface area (Å²) in [6, 6.07) is 15.0. The quantitative estimate of drug-likeness (QED) is 0.660. The maximum atomic E-state index is 11.7. The number of anilines is 1. The van der Waals surface area contributed by atoms with Gasteiger partial charge in [-0.3, -0.25) is 0 Å². The number of carbonyl (C=O) groups excluding carboxylic acids is 1. The zero-order valence-corrected chi connectivity index (χ0v) is 15.0. The molecule has 0 aliphatic carbocycles. The van der Waals surface area contributed by atoms with Gasteiger partial charge in [-0.25, -0.2) is 4.79 Å². The second-order valence-corrected chi connectivity index (χ2v) is 6.17. The van der Waals surface area contributed by atoms with E-state index in [4.69, 9.17) is 14.2 Å². The number of hydrogen-bond donors (Lipinski definition) is 3. The van der Waals surface area contributed by atoms with Crippen molar-refractivity contribution in [1.82, 2.24) is 5.32 Å². The molecule has 0 saturated carbocycles. The molecule has 3 rings (SSSR count). The Morgan fingerprint density at radius 3 is 2.70 bits per heavy atom. The number of hydrogen-bond acceptors (Lipinski definition) is 6. The van der Waals surface area contributed by atoms with Crippen LogP contribution in [0.4, 0.5) is 10.5 Å². The van der Waals surface area contributed by atoms with E-state index in [9.17, 15) is 9.90 Å². The van der Waals surface area contributed by atoms with Crippen molar-refractivity contribution >= 4 is 11.8 Å². The molecule has 1 heterocycles. The first-order valence-corrected chi connectivity index (χ1v) is 8.97. The van der Waals surface area contributed by atoms with Crippen LogP contribution in [0.3, 0.4) is 0 Å². The van der Waals surface area contributed by atoms with E-state index in [2.05, 4.69) is 10.6 Å². The Hall–Kier alpha value is -2.93. The molecule has 0 radical (unpaired) electrons. The van der Waals surface area contributed by atoms with Crippen LogP contribution in [0.15, 0.2) is 48.5 Å². The van der Waals surface area contributed by atoms with E-state index in [0.717, 1.165) is 17.0 Å². The van der Waals surface area contributed by atoms with Crippen LogP contribution in [0.1, 0.15) is 12.0 Å². The maximum absolute atomic E-state index is 11.7. The van der Waals surface area contributed by atoms with E-state index in [1.165, 1.54) is 0 Å². The van der Waals surface area contributed by atoms with E-state index < -0.39 is 12.2 Å². The lowest BCUT2D eigenvalue weighted by atomic mass is 10.2. The van der Waals surface area contributed by atoms with E-state index in [-0.39, 0.29) is 6.61 Å². The van der Waals surface area contributed by atoms with Crippen molar-refractivity contribution < 1.29 is 24.1 Å². The summed E-state index contributed by atoms with van der Waals surface area (Å²) in [5.41, 5.74) is 1.77. The predicted octanol–water partition coefficient (Wildman–Crippen LogP) is 2.55. The van der Waals surface area contributed by atoms with Gasteiger partial charge in [-0.2, -0.15) is 0 Å². The summed E-state index contributed by atoms with van der Waals surface area (Å²) in [5.74, 6) is 1.43. The molecular formula is C20H24N2O5. The van der Waals surface area contributed by atoms with Gasteiger partial charge >= 0.3 is 6.09 Å². The Morgan fingerprint density at radius 1 is 1.11 bits per heavy atom. The van der Waals surface area contributed by atoms with E-state index >= 15 is 0 Å². The van der Waals surface area contributed by atoms with E-state index in [1.54, 1.807) is 0 Å². The number of ether oxygens (including phenoxy) is 3. The highest BCUT2D eigenvalue weighted by molar-refractivity contribution is 5.67. The van der Waals surface area contributed by atoms with Gasteiger partial charge in [-0.05, 0) is 24.1 Å². The summed E-state index contributed by atoms with van der Waals surface area (Å²) >= 11 is 0. The summed E-state index contributed by atoms with van der Waals surface area (Å²) in [4.78, 5) is 11.7. The molecule has 1 atom stereocenters. The van der Waals surface area contributed by atoms with Crippen molar-refractivity contribution in [2.75, 3.05) is 31.6 Å². The van der Waals surface area contributed by atoms with Crippen LogP contribution in [0, 0.1) is 0 Å². The first kappa shape index (κ1) is 18.8. The first-order chi connectivity index (χ1) is 13.2. The van der Waals surface area contributed by atoms with Crippen LogP contribution in [0.5, 0.6) is 11.5 Å². The minimum Gasteiger partial charge on any atom is -0.486 e. The fourth-order valence-electron chi connectivity index (χ4n) is 2.61. The van der Waals surface area contributed by atoms with Gasteiger partial charge in [0.25, 0.3) is 0 Å². The fourth-order valence-corrected chi connectivity index (χ4v) is 2.61. The molecule has 1 amide bonds. The van der Waals surface area contributed by atoms with Crippen molar-refractivity contribution in [3.05, 3.63) is 54.1 Å². The molecular weight excluding hydrogens is 348 g/mol. The van der Waals surface area contributed by atoms with E-state index in [0.29, 0.717) is 38.5 Å². The van der Waals surface area contributed by atoms with Gasteiger partial charge in [0.1, 0.15) is 19.8 Å². The summed E-state index contributed by atoms with van der Waals surface area (Å²) < 4.78 is 16.1. The molecule has 1 unspecified atom stereocenters. The molecule has 144 valence electrons. The van der Waals surface area contributed by atoms with Crippen LogP contribution in [-0.2, 0) is 11.3 Å². The standard InChI is InChI=1S/C20H24N2O5/c23-17(8-9-21-20(24)27-14-15-4-2-1-3-5-15)13-22-16-6-7-18-19(12-16)26-11-10-25-18/h1-7,12,17,22-23H,8-11,13-14H2,(H,21,24). The van der Waals surface area contributed by atoms with E-state index in [1.807, 2.05) is 48.5 Å². The van der Waals surface area contributed by atoms with Gasteiger partial charge in [0, 0.05) is 24.8 Å². The van der Waals surface area contributed by atoms with Crippen molar-refractivity contribution in [3.8, 4) is 11.5 Å². The molecule has 0 spiro atoms. The van der Waals surface area contributed by atoms with Gasteiger partial charge in [0.15, 0.2) is 11.5 Å². The molecule has 0 bridgehead atoms. The lowest BCUT2D eigenvalue weighted by Gasteiger charge is -2.19. The van der Waals surface area contributed by atoms with Gasteiger partial charge in [0.2, 0.25) is 0 Å². The van der Waals surface area contributed by atoms with Gasteiger partial charge in [0.05, 0.1) is 6.10 Å². The van der Waals surface area contributed by atoms with Gasteiger partial charge in [-0.15, -0.1) is 0 Å². The number of alkyl carbamates (subject to hydrolysis) is 1. The summed E-state index contributed by atoms with van der Waals surface area (Å²) in [6.45, 7) is 2.00. The highest BCUT2D eigenvalue weighted by Crippen LogP contribution is 2.32. The molecule has 2 aromatic carbocycles. The van der Waals surface area contributed by atoms with Crippen LogP contribution in [-0.4, -0.2) is 43.6 Å². The largest absolute Gasteiger partial charge is 0.486 e. The predicted molar refractivity (Wildman–Crippen MR) is 101 cm³/mol. The SMILES string of the molecule is O=C(NCCC(O)CNc1ccc2c(c1)OCCO2)OCc1ccccc1. The molecule has 1 aliphatic heterocycles. The van der Waals surface area contributed by atoms with Crippen LogP contribution in [0.2, 0.25) is 0 Å². The van der Waals surface area contributed by atoms with Crippen molar-refractivity contribution in [1.29, 1.82) is 0 Å². The lowest BCUT2D eigenvalue weighted by Crippen LogP contribution is -2.30. The minimum atomic E-state index is -0.604. The Labute approximate surface area is 158 Å². The number of benzene rings is 2.